The Morgan fingerprint density at radius 1 is 1.00 bits per heavy atom. The molecule has 0 spiro atoms. The van der Waals surface area contributed by atoms with Crippen LogP contribution in [0.1, 0.15) is 56.5 Å². The van der Waals surface area contributed by atoms with Gasteiger partial charge >= 0.3 is 5.97 Å². The predicted octanol–water partition coefficient (Wildman–Crippen LogP) is 5.41. The molecule has 32 heavy (non-hydrogen) atoms. The second-order valence-electron chi connectivity index (χ2n) is 7.88. The molecular formula is C25H21ClN2O4. The van der Waals surface area contributed by atoms with Gasteiger partial charge in [0.25, 0.3) is 0 Å². The quantitative estimate of drug-likeness (QED) is 0.463. The fraction of sp³-hybridized carbons (Fsp3) is 0.200. The zero-order chi connectivity index (χ0) is 22.8. The van der Waals surface area contributed by atoms with Gasteiger partial charge in [0, 0.05) is 28.4 Å². The number of halogens is 1. The minimum Gasteiger partial charge on any atom is -0.478 e. The van der Waals surface area contributed by atoms with E-state index in [4.69, 9.17) is 11.6 Å². The van der Waals surface area contributed by atoms with E-state index in [0.717, 1.165) is 17.9 Å². The molecule has 0 atom stereocenters. The Morgan fingerprint density at radius 3 is 2.25 bits per heavy atom. The van der Waals surface area contributed by atoms with E-state index in [1.165, 1.54) is 38.0 Å². The summed E-state index contributed by atoms with van der Waals surface area (Å²) in [6.45, 7) is 2.14. The van der Waals surface area contributed by atoms with Gasteiger partial charge in [0.2, 0.25) is 5.78 Å². The first-order chi connectivity index (χ1) is 15.3. The van der Waals surface area contributed by atoms with Crippen molar-refractivity contribution >= 4 is 40.5 Å². The van der Waals surface area contributed by atoms with Crippen LogP contribution < -0.4 is 4.90 Å². The molecule has 0 radical (unpaired) electrons. The van der Waals surface area contributed by atoms with Crippen LogP contribution in [-0.4, -0.2) is 34.2 Å². The number of aromatic nitrogens is 1. The monoisotopic (exact) mass is 448 g/mol. The lowest BCUT2D eigenvalue weighted by Gasteiger charge is -2.25. The van der Waals surface area contributed by atoms with E-state index in [2.05, 4.69) is 9.88 Å². The molecule has 1 saturated carbocycles. The normalized spacial score (nSPS) is 12.9. The summed E-state index contributed by atoms with van der Waals surface area (Å²) in [7, 11) is 0. The number of pyridine rings is 1. The van der Waals surface area contributed by atoms with Gasteiger partial charge in [-0.15, -0.1) is 0 Å². The Balaban J connectivity index is 1.61. The van der Waals surface area contributed by atoms with Crippen molar-refractivity contribution in [2.75, 3.05) is 11.4 Å². The molecule has 0 bridgehead atoms. The Hall–Kier alpha value is -3.51. The molecule has 1 aliphatic carbocycles. The van der Waals surface area contributed by atoms with Crippen LogP contribution in [-0.2, 0) is 0 Å². The van der Waals surface area contributed by atoms with E-state index < -0.39 is 11.8 Å². The van der Waals surface area contributed by atoms with E-state index in [1.807, 2.05) is 30.3 Å². The summed E-state index contributed by atoms with van der Waals surface area (Å²) in [6.07, 6.45) is 4.03. The first-order valence-corrected chi connectivity index (χ1v) is 10.6. The van der Waals surface area contributed by atoms with E-state index >= 15 is 0 Å². The van der Waals surface area contributed by atoms with E-state index in [1.54, 1.807) is 12.3 Å². The Labute approximate surface area is 190 Å². The van der Waals surface area contributed by atoms with E-state index in [9.17, 15) is 19.5 Å². The van der Waals surface area contributed by atoms with Gasteiger partial charge < -0.3 is 10.0 Å². The average molecular weight is 449 g/mol. The first-order valence-electron chi connectivity index (χ1n) is 10.3. The fourth-order valence-electron chi connectivity index (χ4n) is 3.54. The number of hydrogen-bond donors (Lipinski definition) is 1. The summed E-state index contributed by atoms with van der Waals surface area (Å²) in [4.78, 5) is 42.6. The summed E-state index contributed by atoms with van der Waals surface area (Å²) in [5, 5.41) is 10.1. The van der Waals surface area contributed by atoms with Crippen molar-refractivity contribution in [3.05, 3.63) is 88.2 Å². The van der Waals surface area contributed by atoms with Crippen molar-refractivity contribution in [3.63, 3.8) is 0 Å². The summed E-state index contributed by atoms with van der Waals surface area (Å²) >= 11 is 6.03. The highest BCUT2D eigenvalue weighted by Crippen LogP contribution is 2.35. The van der Waals surface area contributed by atoms with E-state index in [0.29, 0.717) is 10.9 Å². The number of benzene rings is 2. The highest BCUT2D eigenvalue weighted by atomic mass is 35.5. The molecule has 1 fully saturated rings. The number of rotatable bonds is 8. The lowest BCUT2D eigenvalue weighted by molar-refractivity contribution is 0.0692. The molecule has 4 rings (SSSR count). The molecule has 0 unspecified atom stereocenters. The molecule has 0 aliphatic heterocycles. The van der Waals surface area contributed by atoms with Gasteiger partial charge in [0.05, 0.1) is 17.4 Å². The third kappa shape index (κ3) is 4.70. The lowest BCUT2D eigenvalue weighted by Crippen LogP contribution is -2.20. The van der Waals surface area contributed by atoms with Crippen LogP contribution in [0.5, 0.6) is 0 Å². The minimum absolute atomic E-state index is 0.0658. The van der Waals surface area contributed by atoms with Crippen molar-refractivity contribution in [1.29, 1.82) is 0 Å². The molecule has 1 N–H and O–H groups in total. The van der Waals surface area contributed by atoms with Gasteiger partial charge in [-0.25, -0.2) is 4.79 Å². The van der Waals surface area contributed by atoms with Crippen LogP contribution in [0, 0.1) is 5.92 Å². The standard InChI is InChI=1S/C25H21ClN2O4/c1-15(29)21-10-4-17(12-22(21)25(31)32)24(30)23-11-9-20(13-27-23)28(14-16-2-3-16)19-7-5-18(26)6-8-19/h4-13,16H,2-3,14H2,1H3,(H,31,32). The van der Waals surface area contributed by atoms with Crippen molar-refractivity contribution in [3.8, 4) is 0 Å². The van der Waals surface area contributed by atoms with Crippen LogP contribution in [0.25, 0.3) is 0 Å². The molecule has 1 heterocycles. The number of hydrogen-bond acceptors (Lipinski definition) is 5. The Bertz CT molecular complexity index is 1190. The molecule has 1 aliphatic rings. The van der Waals surface area contributed by atoms with Crippen LogP contribution in [0.15, 0.2) is 60.8 Å². The summed E-state index contributed by atoms with van der Waals surface area (Å²) in [5.41, 5.74) is 2.08. The number of aromatic carboxylic acids is 1. The van der Waals surface area contributed by atoms with Crippen molar-refractivity contribution < 1.29 is 19.5 Å². The molecule has 0 saturated heterocycles. The van der Waals surface area contributed by atoms with Gasteiger partial charge in [-0.1, -0.05) is 17.7 Å². The molecule has 0 amide bonds. The minimum atomic E-state index is -1.26. The van der Waals surface area contributed by atoms with Crippen molar-refractivity contribution in [2.45, 2.75) is 19.8 Å². The zero-order valence-electron chi connectivity index (χ0n) is 17.4. The van der Waals surface area contributed by atoms with Crippen LogP contribution >= 0.6 is 11.6 Å². The first kappa shape index (κ1) is 21.7. The number of carboxylic acids is 1. The predicted molar refractivity (Wildman–Crippen MR) is 122 cm³/mol. The number of nitrogens with zero attached hydrogens (tertiary/aromatic N) is 2. The van der Waals surface area contributed by atoms with Gasteiger partial charge in [0.1, 0.15) is 5.69 Å². The number of carbonyl (C=O) groups excluding carboxylic acids is 2. The van der Waals surface area contributed by atoms with Gasteiger partial charge in [-0.05, 0) is 74.2 Å². The number of carboxylic acid groups (broad SMARTS) is 1. The summed E-state index contributed by atoms with van der Waals surface area (Å²) in [5.74, 6) is -1.41. The molecule has 6 nitrogen and oxygen atoms in total. The average Bonchev–Trinajstić information content (AvgIpc) is 3.61. The van der Waals surface area contributed by atoms with Gasteiger partial charge in [0.15, 0.2) is 5.78 Å². The molecule has 7 heteroatoms. The maximum absolute atomic E-state index is 12.9. The fourth-order valence-corrected chi connectivity index (χ4v) is 3.66. The Kier molecular flexibility index (Phi) is 6.06. The van der Waals surface area contributed by atoms with E-state index in [-0.39, 0.29) is 28.2 Å². The highest BCUT2D eigenvalue weighted by molar-refractivity contribution is 6.30. The molecule has 2 aromatic carbocycles. The molecule has 162 valence electrons. The second kappa shape index (κ2) is 8.93. The number of anilines is 2. The summed E-state index contributed by atoms with van der Waals surface area (Å²) < 4.78 is 0. The zero-order valence-corrected chi connectivity index (χ0v) is 18.2. The second-order valence-corrected chi connectivity index (χ2v) is 8.32. The maximum atomic E-state index is 12.9. The van der Waals surface area contributed by atoms with Crippen LogP contribution in [0.4, 0.5) is 11.4 Å². The number of carbonyl (C=O) groups is 3. The summed E-state index contributed by atoms with van der Waals surface area (Å²) in [6, 6.07) is 15.1. The van der Waals surface area contributed by atoms with Gasteiger partial charge in [-0.2, -0.15) is 0 Å². The highest BCUT2D eigenvalue weighted by Gasteiger charge is 2.26. The number of Topliss-reactive ketones (excluding diaryl/α,β-unsaturated/α-hetero) is 1. The Morgan fingerprint density at radius 2 is 1.69 bits per heavy atom. The SMILES string of the molecule is CC(=O)c1ccc(C(=O)c2ccc(N(CC3CC3)c3ccc(Cl)cc3)cn2)cc1C(=O)O. The van der Waals surface area contributed by atoms with Crippen molar-refractivity contribution in [2.24, 2.45) is 5.92 Å². The number of ketones is 2. The molecular weight excluding hydrogens is 428 g/mol. The molecule has 3 aromatic rings. The van der Waals surface area contributed by atoms with Crippen LogP contribution in [0.2, 0.25) is 5.02 Å². The third-order valence-corrected chi connectivity index (χ3v) is 5.71. The lowest BCUT2D eigenvalue weighted by atomic mass is 9.98. The largest absolute Gasteiger partial charge is 0.478 e. The van der Waals surface area contributed by atoms with Crippen molar-refractivity contribution in [1.82, 2.24) is 4.98 Å². The topological polar surface area (TPSA) is 87.6 Å². The van der Waals surface area contributed by atoms with Gasteiger partial charge in [-0.3, -0.25) is 14.6 Å². The smallest absolute Gasteiger partial charge is 0.336 e. The van der Waals surface area contributed by atoms with Crippen LogP contribution in [0.3, 0.4) is 0 Å². The maximum Gasteiger partial charge on any atom is 0.336 e. The third-order valence-electron chi connectivity index (χ3n) is 5.46. The molecule has 1 aromatic heterocycles.